The monoisotopic (exact) mass is 326 g/mol. The van der Waals surface area contributed by atoms with Crippen LogP contribution in [0.1, 0.15) is 50.8 Å². The molecular weight excluding hydrogens is 296 g/mol. The smallest absolute Gasteiger partial charge is 0.121 e. The summed E-state index contributed by atoms with van der Waals surface area (Å²) in [4.78, 5) is 10.8. The van der Waals surface area contributed by atoms with Gasteiger partial charge in [-0.05, 0) is 50.3 Å². The average molecular weight is 326 g/mol. The summed E-state index contributed by atoms with van der Waals surface area (Å²) in [6.07, 6.45) is 9.88. The van der Waals surface area contributed by atoms with Crippen LogP contribution in [0, 0.1) is 5.92 Å². The lowest BCUT2D eigenvalue weighted by molar-refractivity contribution is 0.149. The largest absolute Gasteiger partial charge is 0.341 e. The molecule has 1 aromatic heterocycles. The average Bonchev–Trinajstić information content (AvgIpc) is 3.04. The Morgan fingerprint density at radius 1 is 1.08 bits per heavy atom. The van der Waals surface area contributed by atoms with Gasteiger partial charge in [0.2, 0.25) is 0 Å². The van der Waals surface area contributed by atoms with Gasteiger partial charge in [-0.2, -0.15) is 0 Å². The number of hydrogen-bond donors (Lipinski definition) is 2. The fourth-order valence-electron chi connectivity index (χ4n) is 4.45. The molecule has 1 saturated carbocycles. The van der Waals surface area contributed by atoms with E-state index < -0.39 is 0 Å². The predicted molar refractivity (Wildman–Crippen MR) is 99.0 cm³/mol. The first-order valence-electron chi connectivity index (χ1n) is 9.76. The van der Waals surface area contributed by atoms with E-state index in [-0.39, 0.29) is 0 Å². The minimum Gasteiger partial charge on any atom is -0.341 e. The third kappa shape index (κ3) is 3.98. The van der Waals surface area contributed by atoms with Crippen LogP contribution in [-0.4, -0.2) is 40.5 Å². The molecule has 4 nitrogen and oxygen atoms in total. The molecule has 2 aliphatic rings. The predicted octanol–water partition coefficient (Wildman–Crippen LogP) is 3.70. The summed E-state index contributed by atoms with van der Waals surface area (Å²) >= 11 is 0. The molecule has 0 amide bonds. The number of piperidine rings is 1. The number of rotatable bonds is 5. The Balaban J connectivity index is 1.28. The van der Waals surface area contributed by atoms with E-state index in [9.17, 15) is 0 Å². The van der Waals surface area contributed by atoms with Crippen LogP contribution in [0.5, 0.6) is 0 Å². The number of aromatic nitrogens is 2. The molecule has 0 radical (unpaired) electrons. The molecule has 2 heterocycles. The molecule has 24 heavy (non-hydrogen) atoms. The van der Waals surface area contributed by atoms with Gasteiger partial charge >= 0.3 is 0 Å². The molecule has 4 rings (SSSR count). The summed E-state index contributed by atoms with van der Waals surface area (Å²) in [5, 5.41) is 3.73. The number of hydrogen-bond acceptors (Lipinski definition) is 3. The van der Waals surface area contributed by atoms with Crippen LogP contribution in [0.4, 0.5) is 0 Å². The maximum Gasteiger partial charge on any atom is 0.121 e. The highest BCUT2D eigenvalue weighted by molar-refractivity contribution is 5.74. The molecule has 4 heteroatoms. The van der Waals surface area contributed by atoms with Crippen LogP contribution in [0.2, 0.25) is 0 Å². The van der Waals surface area contributed by atoms with Crippen LogP contribution < -0.4 is 5.32 Å². The Hall–Kier alpha value is -1.39. The second-order valence-corrected chi connectivity index (χ2v) is 7.68. The van der Waals surface area contributed by atoms with Crippen molar-refractivity contribution in [1.29, 1.82) is 0 Å². The molecule has 1 aliphatic heterocycles. The molecule has 1 saturated heterocycles. The normalized spacial score (nSPS) is 23.8. The molecule has 1 atom stereocenters. The first-order chi connectivity index (χ1) is 11.9. The molecule has 130 valence electrons. The number of nitrogens with one attached hydrogen (secondary N) is 2. The van der Waals surface area contributed by atoms with Crippen molar-refractivity contribution in [1.82, 2.24) is 20.2 Å². The Bertz CT molecular complexity index is 611. The van der Waals surface area contributed by atoms with Gasteiger partial charge in [0, 0.05) is 19.1 Å². The van der Waals surface area contributed by atoms with Crippen molar-refractivity contribution in [3.05, 3.63) is 30.1 Å². The third-order valence-corrected chi connectivity index (χ3v) is 5.74. The van der Waals surface area contributed by atoms with E-state index in [2.05, 4.69) is 38.4 Å². The number of benzene rings is 1. The van der Waals surface area contributed by atoms with Gasteiger partial charge in [0.25, 0.3) is 0 Å². The van der Waals surface area contributed by atoms with Gasteiger partial charge in [0.1, 0.15) is 5.82 Å². The third-order valence-electron chi connectivity index (χ3n) is 5.74. The summed E-state index contributed by atoms with van der Waals surface area (Å²) < 4.78 is 0. The number of likely N-dealkylation sites (tertiary alicyclic amines) is 1. The van der Waals surface area contributed by atoms with Crippen LogP contribution in [0.3, 0.4) is 0 Å². The molecule has 2 aromatic rings. The molecule has 1 aliphatic carbocycles. The number of nitrogens with zero attached hydrogens (tertiary/aromatic N) is 2. The zero-order chi connectivity index (χ0) is 16.2. The van der Waals surface area contributed by atoms with Crippen LogP contribution in [-0.2, 0) is 6.54 Å². The Labute approximate surface area is 145 Å². The van der Waals surface area contributed by atoms with Crippen LogP contribution >= 0.6 is 0 Å². The Morgan fingerprint density at radius 2 is 1.96 bits per heavy atom. The van der Waals surface area contributed by atoms with Gasteiger partial charge in [-0.3, -0.25) is 0 Å². The molecule has 2 fully saturated rings. The zero-order valence-electron chi connectivity index (χ0n) is 14.6. The quantitative estimate of drug-likeness (QED) is 0.880. The highest BCUT2D eigenvalue weighted by Gasteiger charge is 2.23. The van der Waals surface area contributed by atoms with Crippen molar-refractivity contribution in [2.24, 2.45) is 5.92 Å². The molecule has 0 spiro atoms. The van der Waals surface area contributed by atoms with Crippen molar-refractivity contribution >= 4 is 11.0 Å². The topological polar surface area (TPSA) is 44.0 Å². The first-order valence-corrected chi connectivity index (χ1v) is 9.76. The maximum atomic E-state index is 4.68. The molecule has 1 unspecified atom stereocenters. The minimum atomic E-state index is 0.607. The van der Waals surface area contributed by atoms with Crippen molar-refractivity contribution in [3.8, 4) is 0 Å². The van der Waals surface area contributed by atoms with Crippen LogP contribution in [0.25, 0.3) is 11.0 Å². The fraction of sp³-hybridized carbons (Fsp3) is 0.650. The molecular formula is C20H30N4. The number of imidazole rings is 1. The highest BCUT2D eigenvalue weighted by Crippen LogP contribution is 2.25. The Kier molecular flexibility index (Phi) is 5.14. The number of aromatic amines is 1. The van der Waals surface area contributed by atoms with E-state index >= 15 is 0 Å². The maximum absolute atomic E-state index is 4.68. The van der Waals surface area contributed by atoms with Gasteiger partial charge in [-0.15, -0.1) is 0 Å². The van der Waals surface area contributed by atoms with E-state index in [0.29, 0.717) is 6.04 Å². The van der Waals surface area contributed by atoms with E-state index in [1.54, 1.807) is 0 Å². The lowest BCUT2D eigenvalue weighted by atomic mass is 9.88. The number of H-pyrrole nitrogens is 1. The lowest BCUT2D eigenvalue weighted by Gasteiger charge is -2.36. The fourth-order valence-corrected chi connectivity index (χ4v) is 4.45. The lowest BCUT2D eigenvalue weighted by Crippen LogP contribution is -2.47. The summed E-state index contributed by atoms with van der Waals surface area (Å²) in [7, 11) is 0. The summed E-state index contributed by atoms with van der Waals surface area (Å²) in [5.41, 5.74) is 2.20. The Morgan fingerprint density at radius 3 is 2.83 bits per heavy atom. The van der Waals surface area contributed by atoms with Gasteiger partial charge in [-0.1, -0.05) is 31.4 Å². The van der Waals surface area contributed by atoms with Gasteiger partial charge < -0.3 is 15.2 Å². The van der Waals surface area contributed by atoms with Gasteiger partial charge in [-0.25, -0.2) is 4.98 Å². The first kappa shape index (κ1) is 16.1. The second kappa shape index (κ2) is 7.66. The number of para-hydroxylation sites is 2. The van der Waals surface area contributed by atoms with Crippen molar-refractivity contribution < 1.29 is 0 Å². The molecule has 2 N–H and O–H groups in total. The van der Waals surface area contributed by atoms with Gasteiger partial charge in [0.05, 0.1) is 17.6 Å². The second-order valence-electron chi connectivity index (χ2n) is 7.68. The van der Waals surface area contributed by atoms with Gasteiger partial charge in [0.15, 0.2) is 0 Å². The highest BCUT2D eigenvalue weighted by atomic mass is 15.2. The summed E-state index contributed by atoms with van der Waals surface area (Å²) in [5.74, 6) is 2.01. The summed E-state index contributed by atoms with van der Waals surface area (Å²) in [6, 6.07) is 8.88. The SMILES string of the molecule is c1ccc2[nH]c(CNC3CCCN(CC4CCCCC4)C3)nc2c1. The minimum absolute atomic E-state index is 0.607. The summed E-state index contributed by atoms with van der Waals surface area (Å²) in [6.45, 7) is 4.66. The van der Waals surface area contributed by atoms with Crippen molar-refractivity contribution in [3.63, 3.8) is 0 Å². The van der Waals surface area contributed by atoms with Crippen molar-refractivity contribution in [2.75, 3.05) is 19.6 Å². The standard InChI is InChI=1S/C20H30N4/c1-2-7-16(8-3-1)14-24-12-6-9-17(15-24)21-13-20-22-18-10-4-5-11-19(18)23-20/h4-5,10-11,16-17,21H,1-3,6-9,12-15H2,(H,22,23). The van der Waals surface area contributed by atoms with Crippen molar-refractivity contribution in [2.45, 2.75) is 57.5 Å². The molecule has 0 bridgehead atoms. The molecule has 1 aromatic carbocycles. The van der Waals surface area contributed by atoms with E-state index in [4.69, 9.17) is 0 Å². The van der Waals surface area contributed by atoms with Crippen LogP contribution in [0.15, 0.2) is 24.3 Å². The van der Waals surface area contributed by atoms with E-state index in [1.807, 2.05) is 6.07 Å². The van der Waals surface area contributed by atoms with E-state index in [0.717, 1.165) is 29.3 Å². The number of fused-ring (bicyclic) bond motifs is 1. The van der Waals surface area contributed by atoms with E-state index in [1.165, 1.54) is 64.6 Å². The zero-order valence-corrected chi connectivity index (χ0v) is 14.6.